The molecule has 0 aromatic rings. The minimum absolute atomic E-state index is 0.0341. The number of aliphatic hydroxyl groups is 5. The zero-order valence-corrected chi connectivity index (χ0v) is 36.9. The number of rotatable bonds is 35. The van der Waals surface area contributed by atoms with Crippen molar-refractivity contribution in [1.29, 1.82) is 0 Å². The summed E-state index contributed by atoms with van der Waals surface area (Å²) in [7, 11) is -5.17. The lowest BCUT2D eigenvalue weighted by molar-refractivity contribution is -0.220. The molecule has 0 heterocycles. The molecule has 6 N–H and O–H groups in total. The van der Waals surface area contributed by atoms with Gasteiger partial charge >= 0.3 is 19.8 Å². The summed E-state index contributed by atoms with van der Waals surface area (Å²) in [6.45, 7) is 3.01. The summed E-state index contributed by atoms with van der Waals surface area (Å²) >= 11 is 0. The van der Waals surface area contributed by atoms with Crippen LogP contribution in [-0.4, -0.2) is 104 Å². The van der Waals surface area contributed by atoms with Gasteiger partial charge in [-0.25, -0.2) is 4.57 Å². The van der Waals surface area contributed by atoms with E-state index in [0.29, 0.717) is 6.42 Å². The molecule has 3 unspecified atom stereocenters. The van der Waals surface area contributed by atoms with E-state index in [2.05, 4.69) is 50.3 Å². The number of ether oxygens (including phenoxy) is 2. The Morgan fingerprint density at radius 1 is 0.567 bits per heavy atom. The minimum Gasteiger partial charge on any atom is -0.462 e. The number of carbonyl (C=O) groups excluding carboxylic acids is 3. The Morgan fingerprint density at radius 3 is 1.72 bits per heavy atom. The van der Waals surface area contributed by atoms with E-state index in [9.17, 15) is 49.4 Å². The summed E-state index contributed by atoms with van der Waals surface area (Å²) in [5.41, 5.74) is 0. The van der Waals surface area contributed by atoms with E-state index in [1.807, 2.05) is 6.08 Å². The standard InChI is InChI=1S/C45H75O14P/c1-3-5-7-9-11-13-15-17-19-21-23-25-27-30-36(46)31-29-33-38(47)56-34-37(35-57-60(54,55)59-45-43(52)41(50)40(49)42(51)44(45)53)58-39(48)32-28-26-24-22-20-18-16-14-12-10-8-6-4-2/h11,13-14,16-17,19,23,25,27,30,37,40-45,49-53H,3-10,12,15,18,20-22,24,26,28-29,31-35H2,1-2H3,(H,54,55)/b13-11-,16-14-,19-17-,25-23-,30-27+/t37-,40?,41-,42+,43-,44-,45?/m1/s1. The summed E-state index contributed by atoms with van der Waals surface area (Å²) in [4.78, 5) is 47.8. The number of hydrogen-bond donors (Lipinski definition) is 6. The van der Waals surface area contributed by atoms with Gasteiger partial charge in [-0.1, -0.05) is 120 Å². The van der Waals surface area contributed by atoms with E-state index in [0.717, 1.165) is 57.8 Å². The van der Waals surface area contributed by atoms with Gasteiger partial charge in [-0.05, 0) is 70.3 Å². The highest BCUT2D eigenvalue weighted by Crippen LogP contribution is 2.47. The van der Waals surface area contributed by atoms with Crippen LogP contribution in [0.2, 0.25) is 0 Å². The predicted molar refractivity (Wildman–Crippen MR) is 231 cm³/mol. The minimum atomic E-state index is -5.17. The maximum atomic E-state index is 12.8. The molecule has 0 aromatic carbocycles. The lowest BCUT2D eigenvalue weighted by atomic mass is 9.85. The van der Waals surface area contributed by atoms with E-state index < -0.39 is 75.7 Å². The van der Waals surface area contributed by atoms with Crippen molar-refractivity contribution in [2.45, 2.75) is 191 Å². The number of carbonyl (C=O) groups is 3. The van der Waals surface area contributed by atoms with Gasteiger partial charge in [0, 0.05) is 19.3 Å². The Labute approximate surface area is 358 Å². The van der Waals surface area contributed by atoms with Gasteiger partial charge in [0.05, 0.1) is 6.61 Å². The summed E-state index contributed by atoms with van der Waals surface area (Å²) in [5.74, 6) is -1.55. The third-order valence-electron chi connectivity index (χ3n) is 9.81. The van der Waals surface area contributed by atoms with Crippen LogP contribution in [0.1, 0.15) is 149 Å². The van der Waals surface area contributed by atoms with Gasteiger partial charge in [0.25, 0.3) is 0 Å². The van der Waals surface area contributed by atoms with Crippen molar-refractivity contribution in [1.82, 2.24) is 0 Å². The second-order valence-electron chi connectivity index (χ2n) is 15.2. The molecule has 1 saturated carbocycles. The molecule has 0 bridgehead atoms. The molecule has 14 nitrogen and oxygen atoms in total. The van der Waals surface area contributed by atoms with Crippen LogP contribution in [0, 0.1) is 0 Å². The summed E-state index contributed by atoms with van der Waals surface area (Å²) in [6, 6.07) is 0. The zero-order valence-electron chi connectivity index (χ0n) is 36.0. The van der Waals surface area contributed by atoms with Crippen LogP contribution in [0.25, 0.3) is 0 Å². The highest BCUT2D eigenvalue weighted by molar-refractivity contribution is 7.47. The van der Waals surface area contributed by atoms with E-state index in [4.69, 9.17) is 18.5 Å². The van der Waals surface area contributed by atoms with E-state index in [-0.39, 0.29) is 31.5 Å². The Bertz CT molecular complexity index is 1340. The molecule has 0 spiro atoms. The van der Waals surface area contributed by atoms with Crippen molar-refractivity contribution < 1.29 is 67.9 Å². The average molecular weight is 871 g/mol. The van der Waals surface area contributed by atoms with Gasteiger partial charge in [0.2, 0.25) is 0 Å². The van der Waals surface area contributed by atoms with Crippen molar-refractivity contribution in [2.75, 3.05) is 13.2 Å². The van der Waals surface area contributed by atoms with Crippen molar-refractivity contribution in [3.63, 3.8) is 0 Å². The molecule has 344 valence electrons. The van der Waals surface area contributed by atoms with Crippen LogP contribution in [0.5, 0.6) is 0 Å². The highest BCUT2D eigenvalue weighted by Gasteiger charge is 2.51. The number of ketones is 1. The molecule has 0 aromatic heterocycles. The third-order valence-corrected chi connectivity index (χ3v) is 10.8. The first-order chi connectivity index (χ1) is 28.8. The summed E-state index contributed by atoms with van der Waals surface area (Å²) < 4.78 is 33.2. The topological polar surface area (TPSA) is 227 Å². The molecular formula is C45H75O14P. The molecule has 8 atom stereocenters. The highest BCUT2D eigenvalue weighted by atomic mass is 31.2. The quantitative estimate of drug-likeness (QED) is 0.00915. The van der Waals surface area contributed by atoms with Gasteiger partial charge in [-0.3, -0.25) is 23.4 Å². The summed E-state index contributed by atoms with van der Waals surface area (Å²) in [5, 5.41) is 50.0. The van der Waals surface area contributed by atoms with Crippen LogP contribution >= 0.6 is 7.82 Å². The van der Waals surface area contributed by atoms with E-state index >= 15 is 0 Å². The van der Waals surface area contributed by atoms with Crippen molar-refractivity contribution >= 4 is 25.5 Å². The maximum absolute atomic E-state index is 12.8. The third kappa shape index (κ3) is 27.2. The molecule has 60 heavy (non-hydrogen) atoms. The van der Waals surface area contributed by atoms with Crippen molar-refractivity contribution in [3.8, 4) is 0 Å². The molecule has 1 aliphatic rings. The second kappa shape index (κ2) is 34.8. The number of allylic oxidation sites excluding steroid dienone is 10. The summed E-state index contributed by atoms with van der Waals surface area (Å²) in [6.07, 6.45) is 24.2. The molecule has 15 heteroatoms. The first kappa shape index (κ1) is 55.2. The lowest BCUT2D eigenvalue weighted by Crippen LogP contribution is -2.64. The van der Waals surface area contributed by atoms with Crippen LogP contribution in [-0.2, 0) is 37.5 Å². The SMILES string of the molecule is CCCCC/C=C\C/C=C\C/C=C\C=C\C(=O)CCCC(=O)OC[C@H](COP(=O)(O)OC1[C@H](O)[C@H](O)C(O)[C@H](O)[C@H]1O)OC(=O)CCCCCCC/C=C\CCCCCC. The predicted octanol–water partition coefficient (Wildman–Crippen LogP) is 7.34. The molecular weight excluding hydrogens is 795 g/mol. The van der Waals surface area contributed by atoms with Crippen LogP contribution in [0.4, 0.5) is 0 Å². The molecule has 1 rings (SSSR count). The van der Waals surface area contributed by atoms with Crippen LogP contribution in [0.15, 0.2) is 60.8 Å². The largest absolute Gasteiger partial charge is 0.472 e. The lowest BCUT2D eigenvalue weighted by Gasteiger charge is -2.41. The smallest absolute Gasteiger partial charge is 0.462 e. The fourth-order valence-corrected chi connectivity index (χ4v) is 7.15. The first-order valence-corrected chi connectivity index (χ1v) is 23.5. The van der Waals surface area contributed by atoms with E-state index in [1.165, 1.54) is 51.0 Å². The number of aliphatic hydroxyl groups excluding tert-OH is 5. The first-order valence-electron chi connectivity index (χ1n) is 22.0. The number of esters is 2. The van der Waals surface area contributed by atoms with Gasteiger partial charge in [0.1, 0.15) is 43.2 Å². The molecule has 0 amide bonds. The van der Waals surface area contributed by atoms with Crippen LogP contribution < -0.4 is 0 Å². The monoisotopic (exact) mass is 870 g/mol. The second-order valence-corrected chi connectivity index (χ2v) is 16.6. The van der Waals surface area contributed by atoms with Gasteiger partial charge < -0.3 is 39.9 Å². The van der Waals surface area contributed by atoms with Crippen LogP contribution in [0.3, 0.4) is 0 Å². The number of phosphoric acid groups is 1. The Hall–Kier alpha value is -2.78. The normalized spacial score (nSPS) is 22.7. The number of hydrogen-bond acceptors (Lipinski definition) is 13. The number of phosphoric ester groups is 1. The van der Waals surface area contributed by atoms with Gasteiger partial charge in [0.15, 0.2) is 11.9 Å². The Balaban J connectivity index is 2.58. The number of unbranched alkanes of at least 4 members (excludes halogenated alkanes) is 12. The van der Waals surface area contributed by atoms with Crippen molar-refractivity contribution in [3.05, 3.63) is 60.8 Å². The molecule has 1 fully saturated rings. The molecule has 0 radical (unpaired) electrons. The van der Waals surface area contributed by atoms with Gasteiger partial charge in [-0.2, -0.15) is 0 Å². The fraction of sp³-hybridized carbons (Fsp3) is 0.711. The van der Waals surface area contributed by atoms with Gasteiger partial charge in [-0.15, -0.1) is 0 Å². The molecule has 1 aliphatic carbocycles. The van der Waals surface area contributed by atoms with E-state index in [1.54, 1.807) is 12.2 Å². The maximum Gasteiger partial charge on any atom is 0.472 e. The molecule has 0 aliphatic heterocycles. The average Bonchev–Trinajstić information content (AvgIpc) is 3.22. The Morgan fingerprint density at radius 2 is 1.07 bits per heavy atom. The fourth-order valence-electron chi connectivity index (χ4n) is 6.17. The van der Waals surface area contributed by atoms with Crippen molar-refractivity contribution in [2.24, 2.45) is 0 Å². The molecule has 0 saturated heterocycles. The zero-order chi connectivity index (χ0) is 44.4. The Kier molecular flexibility index (Phi) is 32.0.